The second-order valence-corrected chi connectivity index (χ2v) is 18.1. The fourth-order valence-corrected chi connectivity index (χ4v) is 8.73. The maximum atomic E-state index is 15.6. The number of Topliss-reactive ketones (excluding diaryl/α,β-unsaturated/α-hetero) is 2. The topological polar surface area (TPSA) is 200 Å². The van der Waals surface area contributed by atoms with Crippen LogP contribution in [-0.2, 0) is 44.4 Å². The first kappa shape index (κ1) is 52.5. The number of aliphatic hydroxyl groups excluding tert-OH is 3. The maximum absolute atomic E-state index is 15.6. The van der Waals surface area contributed by atoms with Crippen LogP contribution >= 0.6 is 0 Å². The number of hydrogen-bond donors (Lipinski definition) is 5. The van der Waals surface area contributed by atoms with E-state index in [4.69, 9.17) is 33.2 Å². The number of carbonyl (C=O) groups excluding carboxylic acids is 2. The van der Waals surface area contributed by atoms with Crippen molar-refractivity contribution in [2.45, 2.75) is 69.3 Å². The molecular weight excluding hydrogens is 969 g/mol. The monoisotopic (exact) mass is 1020 g/mol. The summed E-state index contributed by atoms with van der Waals surface area (Å²) in [5.74, 6) is -3.08. The van der Waals surface area contributed by atoms with Crippen molar-refractivity contribution in [3.05, 3.63) is 251 Å². The molecule has 0 spiro atoms. The molecule has 1 saturated heterocycles. The van der Waals surface area contributed by atoms with Crippen LogP contribution in [0, 0.1) is 0 Å². The van der Waals surface area contributed by atoms with Gasteiger partial charge in [-0.2, -0.15) is 0 Å². The van der Waals surface area contributed by atoms with E-state index in [9.17, 15) is 25.5 Å². The number of ether oxygens (including phenoxy) is 7. The average molecular weight is 1030 g/mol. The van der Waals surface area contributed by atoms with E-state index in [-0.39, 0.29) is 74.1 Å². The molecule has 5 atom stereocenters. The Morgan fingerprint density at radius 2 is 0.645 bits per heavy atom. The second-order valence-electron chi connectivity index (χ2n) is 18.1. The molecule has 8 aromatic carbocycles. The normalized spacial score (nSPS) is 19.0. The maximum Gasteiger partial charge on any atom is 0.217 e. The van der Waals surface area contributed by atoms with Gasteiger partial charge in [0.2, 0.25) is 28.7 Å². The van der Waals surface area contributed by atoms with Gasteiger partial charge in [0.1, 0.15) is 51.8 Å². The van der Waals surface area contributed by atoms with Crippen molar-refractivity contribution in [2.75, 3.05) is 6.61 Å². The van der Waals surface area contributed by atoms with Crippen LogP contribution < -0.4 is 28.4 Å². The molecule has 9 rings (SSSR count). The van der Waals surface area contributed by atoms with E-state index in [2.05, 4.69) is 0 Å². The van der Waals surface area contributed by atoms with E-state index >= 15 is 9.59 Å². The molecule has 76 heavy (non-hydrogen) atoms. The first-order valence-electron chi connectivity index (χ1n) is 24.6. The second kappa shape index (κ2) is 24.3. The summed E-state index contributed by atoms with van der Waals surface area (Å²) < 4.78 is 43.8. The number of ketones is 2. The van der Waals surface area contributed by atoms with E-state index in [1.807, 2.05) is 182 Å². The summed E-state index contributed by atoms with van der Waals surface area (Å²) in [6.07, 6.45) is -7.21. The van der Waals surface area contributed by atoms with Gasteiger partial charge in [-0.3, -0.25) is 9.59 Å². The molecule has 0 bridgehead atoms. The minimum absolute atomic E-state index is 0.0281. The fourth-order valence-electron chi connectivity index (χ4n) is 8.73. The Bertz CT molecular complexity index is 3040. The predicted octanol–water partition coefficient (Wildman–Crippen LogP) is 8.76. The zero-order chi connectivity index (χ0) is 52.9. The van der Waals surface area contributed by atoms with Gasteiger partial charge in [-0.05, 0) is 57.6 Å². The quantitative estimate of drug-likeness (QED) is 0.0381. The largest absolute Gasteiger partial charge is 0.485 e. The van der Waals surface area contributed by atoms with Crippen LogP contribution in [0.15, 0.2) is 206 Å². The average Bonchev–Trinajstić information content (AvgIpc) is 3.52. The molecule has 388 valence electrons. The number of hydrogen-bond acceptors (Lipinski definition) is 14. The molecule has 1 heterocycles. The van der Waals surface area contributed by atoms with Crippen molar-refractivity contribution in [3.8, 4) is 34.5 Å². The number of benzene rings is 8. The lowest BCUT2D eigenvalue weighted by atomic mass is 9.66. The third-order valence-electron chi connectivity index (χ3n) is 12.9. The summed E-state index contributed by atoms with van der Waals surface area (Å²) in [6, 6.07) is 60.0. The molecule has 0 aromatic heterocycles. The van der Waals surface area contributed by atoms with Crippen LogP contribution in [0.2, 0.25) is 0 Å². The van der Waals surface area contributed by atoms with Crippen molar-refractivity contribution >= 4 is 11.6 Å². The lowest BCUT2D eigenvalue weighted by Gasteiger charge is -2.51. The van der Waals surface area contributed by atoms with E-state index in [1.165, 1.54) is 24.3 Å². The van der Waals surface area contributed by atoms with Gasteiger partial charge < -0.3 is 58.7 Å². The zero-order valence-electron chi connectivity index (χ0n) is 41.2. The molecule has 1 fully saturated rings. The number of rotatable bonds is 23. The molecule has 0 radical (unpaired) electrons. The van der Waals surface area contributed by atoms with Crippen LogP contribution in [0.25, 0.3) is 0 Å². The molecule has 0 amide bonds. The van der Waals surface area contributed by atoms with Gasteiger partial charge >= 0.3 is 0 Å². The minimum Gasteiger partial charge on any atom is -0.485 e. The highest BCUT2D eigenvalue weighted by molar-refractivity contribution is 6.13. The minimum atomic E-state index is -3.73. The van der Waals surface area contributed by atoms with Gasteiger partial charge in [-0.15, -0.1) is 0 Å². The van der Waals surface area contributed by atoms with Crippen LogP contribution in [0.3, 0.4) is 0 Å². The zero-order valence-corrected chi connectivity index (χ0v) is 41.2. The highest BCUT2D eigenvalue weighted by Crippen LogP contribution is 2.48. The Balaban J connectivity index is 1.17. The van der Waals surface area contributed by atoms with E-state index in [0.717, 1.165) is 33.4 Å². The standard InChI is InChI=1S/C62H56O14/c63-35-54-59(66)61(68,57(64)48-31-50(70-36-42-19-7-1-8-20-42)55(74-40-46-27-15-5-16-28-46)51(32-48)71-37-43-21-9-2-10-22-43)62(69,60(67)76-54)58(65)49-33-52(72-38-44-23-11-3-12-24-44)56(75-41-47-29-17-6-18-30-47)53(34-49)73-39-45-25-13-4-14-26-45/h1-34,54,59-60,63,66-69H,35-41H2/t54-,59-,60?,61+,62+/m1/s1. The lowest BCUT2D eigenvalue weighted by Crippen LogP contribution is -2.80. The Kier molecular flexibility index (Phi) is 16.8. The molecular formula is C62H56O14. The number of carbonyl (C=O) groups is 2. The molecule has 8 aromatic rings. The molecule has 0 aliphatic carbocycles. The Hall–Kier alpha value is -8.34. The van der Waals surface area contributed by atoms with Crippen LogP contribution in [0.4, 0.5) is 0 Å². The third kappa shape index (κ3) is 11.8. The third-order valence-corrected chi connectivity index (χ3v) is 12.9. The van der Waals surface area contributed by atoms with Gasteiger partial charge in [0.15, 0.2) is 34.9 Å². The van der Waals surface area contributed by atoms with Gasteiger partial charge in [0.25, 0.3) is 0 Å². The first-order valence-corrected chi connectivity index (χ1v) is 24.6. The van der Waals surface area contributed by atoms with Gasteiger partial charge in [-0.1, -0.05) is 182 Å². The summed E-state index contributed by atoms with van der Waals surface area (Å²) in [5.41, 5.74) is -3.81. The fraction of sp³-hybridized carbons (Fsp3) is 0.194. The van der Waals surface area contributed by atoms with Crippen molar-refractivity contribution in [2.24, 2.45) is 0 Å². The molecule has 1 aliphatic heterocycles. The van der Waals surface area contributed by atoms with E-state index in [0.29, 0.717) is 0 Å². The Labute approximate surface area is 439 Å². The van der Waals surface area contributed by atoms with Crippen molar-refractivity contribution < 1.29 is 68.3 Å². The van der Waals surface area contributed by atoms with Gasteiger partial charge in [0, 0.05) is 11.1 Å². The highest BCUT2D eigenvalue weighted by atomic mass is 16.6. The molecule has 14 heteroatoms. The van der Waals surface area contributed by atoms with E-state index in [1.54, 1.807) is 0 Å². The van der Waals surface area contributed by atoms with Crippen molar-refractivity contribution in [1.82, 2.24) is 0 Å². The molecule has 1 unspecified atom stereocenters. The lowest BCUT2D eigenvalue weighted by molar-refractivity contribution is -0.330. The van der Waals surface area contributed by atoms with Crippen LogP contribution in [0.1, 0.15) is 54.1 Å². The molecule has 0 saturated carbocycles. The van der Waals surface area contributed by atoms with E-state index < -0.39 is 59.0 Å². The molecule has 14 nitrogen and oxygen atoms in total. The molecule has 1 aliphatic rings. The van der Waals surface area contributed by atoms with Gasteiger partial charge in [0.05, 0.1) is 6.61 Å². The summed E-state index contributed by atoms with van der Waals surface area (Å²) >= 11 is 0. The first-order chi connectivity index (χ1) is 37.0. The number of aliphatic hydroxyl groups is 5. The summed E-state index contributed by atoms with van der Waals surface area (Å²) in [5, 5.41) is 60.5. The smallest absolute Gasteiger partial charge is 0.217 e. The Morgan fingerprint density at radius 3 is 0.908 bits per heavy atom. The summed E-state index contributed by atoms with van der Waals surface area (Å²) in [4.78, 5) is 31.1. The summed E-state index contributed by atoms with van der Waals surface area (Å²) in [7, 11) is 0. The highest BCUT2D eigenvalue weighted by Gasteiger charge is 2.72. The van der Waals surface area contributed by atoms with Crippen molar-refractivity contribution in [1.29, 1.82) is 0 Å². The van der Waals surface area contributed by atoms with Gasteiger partial charge in [-0.25, -0.2) is 0 Å². The van der Waals surface area contributed by atoms with Crippen molar-refractivity contribution in [3.63, 3.8) is 0 Å². The van der Waals surface area contributed by atoms with Crippen LogP contribution in [0.5, 0.6) is 34.5 Å². The SMILES string of the molecule is O=C(c1cc(OCc2ccccc2)c(OCc2ccccc2)c(OCc2ccccc2)c1)[C@]1(O)C(O)O[C@H](CO)[C@@H](O)[C@@]1(O)C(=O)c1cc(OCc2ccccc2)c(OCc2ccccc2)c(OCc2ccccc2)c1. The van der Waals surface area contributed by atoms with Crippen LogP contribution in [-0.4, -0.2) is 73.4 Å². The predicted molar refractivity (Wildman–Crippen MR) is 280 cm³/mol. The molecule has 5 N–H and O–H groups in total. The summed E-state index contributed by atoms with van der Waals surface area (Å²) in [6.45, 7) is -1.17. The Morgan fingerprint density at radius 1 is 0.395 bits per heavy atom.